The Bertz CT molecular complexity index is 518. The summed E-state index contributed by atoms with van der Waals surface area (Å²) in [6.07, 6.45) is 4.28. The molecule has 0 saturated heterocycles. The molecule has 22 heavy (non-hydrogen) atoms. The lowest BCUT2D eigenvalue weighted by Gasteiger charge is -2.25. The number of methoxy groups -OCH3 is 2. The SMILES string of the molecule is COC(CN(CCc1ccccn1)Cc1ccccn1)OC. The summed E-state index contributed by atoms with van der Waals surface area (Å²) in [7, 11) is 3.32. The number of ether oxygens (including phenoxy) is 2. The molecule has 0 fully saturated rings. The van der Waals surface area contributed by atoms with Crippen LogP contribution in [0.1, 0.15) is 11.4 Å². The number of rotatable bonds is 9. The number of nitrogens with zero attached hydrogens (tertiary/aromatic N) is 3. The molecule has 2 heterocycles. The van der Waals surface area contributed by atoms with Gasteiger partial charge in [-0.1, -0.05) is 12.1 Å². The van der Waals surface area contributed by atoms with Crippen molar-refractivity contribution in [2.45, 2.75) is 19.3 Å². The zero-order valence-corrected chi connectivity index (χ0v) is 13.2. The minimum atomic E-state index is -0.243. The summed E-state index contributed by atoms with van der Waals surface area (Å²) in [6, 6.07) is 11.9. The Morgan fingerprint density at radius 3 is 2.14 bits per heavy atom. The van der Waals surface area contributed by atoms with E-state index in [9.17, 15) is 0 Å². The van der Waals surface area contributed by atoms with E-state index in [4.69, 9.17) is 9.47 Å². The van der Waals surface area contributed by atoms with Gasteiger partial charge in [-0.3, -0.25) is 14.9 Å². The van der Waals surface area contributed by atoms with Crippen molar-refractivity contribution >= 4 is 0 Å². The Hall–Kier alpha value is -1.82. The van der Waals surface area contributed by atoms with Crippen molar-refractivity contribution in [3.8, 4) is 0 Å². The molecule has 2 rings (SSSR count). The standard InChI is InChI=1S/C17H23N3O2/c1-21-17(22-2)14-20(13-16-8-4-6-11-19-16)12-9-15-7-3-5-10-18-15/h3-8,10-11,17H,9,12-14H2,1-2H3. The Labute approximate surface area is 131 Å². The van der Waals surface area contributed by atoms with E-state index in [2.05, 4.69) is 14.9 Å². The van der Waals surface area contributed by atoms with Crippen molar-refractivity contribution in [2.75, 3.05) is 27.3 Å². The van der Waals surface area contributed by atoms with Gasteiger partial charge in [0.25, 0.3) is 0 Å². The Balaban J connectivity index is 1.97. The van der Waals surface area contributed by atoms with E-state index in [1.165, 1.54) is 0 Å². The summed E-state index contributed by atoms with van der Waals surface area (Å²) in [5.74, 6) is 0. The molecule has 2 aromatic heterocycles. The molecule has 0 aliphatic heterocycles. The molecular weight excluding hydrogens is 278 g/mol. The van der Waals surface area contributed by atoms with Crippen LogP contribution in [-0.2, 0) is 22.4 Å². The van der Waals surface area contributed by atoms with E-state index in [-0.39, 0.29) is 6.29 Å². The van der Waals surface area contributed by atoms with Gasteiger partial charge in [-0.05, 0) is 24.3 Å². The average Bonchev–Trinajstić information content (AvgIpc) is 2.59. The highest BCUT2D eigenvalue weighted by Gasteiger charge is 2.14. The largest absolute Gasteiger partial charge is 0.355 e. The Morgan fingerprint density at radius 1 is 0.955 bits per heavy atom. The topological polar surface area (TPSA) is 47.5 Å². The highest BCUT2D eigenvalue weighted by Crippen LogP contribution is 2.06. The van der Waals surface area contributed by atoms with Gasteiger partial charge in [0.2, 0.25) is 0 Å². The molecule has 5 heteroatoms. The molecule has 118 valence electrons. The van der Waals surface area contributed by atoms with Crippen molar-refractivity contribution in [2.24, 2.45) is 0 Å². The first-order valence-electron chi connectivity index (χ1n) is 7.39. The summed E-state index contributed by atoms with van der Waals surface area (Å²) in [6.45, 7) is 2.32. The van der Waals surface area contributed by atoms with Crippen LogP contribution in [0, 0.1) is 0 Å². The van der Waals surface area contributed by atoms with Crippen LogP contribution in [0.3, 0.4) is 0 Å². The predicted octanol–water partition coefficient (Wildman–Crippen LogP) is 2.14. The molecule has 0 spiro atoms. The molecule has 0 aliphatic rings. The first-order valence-corrected chi connectivity index (χ1v) is 7.39. The van der Waals surface area contributed by atoms with Crippen LogP contribution < -0.4 is 0 Å². The molecule has 0 atom stereocenters. The van der Waals surface area contributed by atoms with E-state index < -0.39 is 0 Å². The minimum Gasteiger partial charge on any atom is -0.355 e. The van der Waals surface area contributed by atoms with Gasteiger partial charge in [-0.15, -0.1) is 0 Å². The maximum Gasteiger partial charge on any atom is 0.169 e. The van der Waals surface area contributed by atoms with Crippen LogP contribution in [0.2, 0.25) is 0 Å². The quantitative estimate of drug-likeness (QED) is 0.664. The molecule has 0 unspecified atom stereocenters. The summed E-state index contributed by atoms with van der Waals surface area (Å²) in [5.41, 5.74) is 2.12. The van der Waals surface area contributed by atoms with Crippen LogP contribution in [0.4, 0.5) is 0 Å². The lowest BCUT2D eigenvalue weighted by atomic mass is 10.2. The van der Waals surface area contributed by atoms with Crippen LogP contribution in [-0.4, -0.2) is 48.5 Å². The molecule has 2 aromatic rings. The fourth-order valence-electron chi connectivity index (χ4n) is 2.23. The lowest BCUT2D eigenvalue weighted by Crippen LogP contribution is -2.35. The smallest absolute Gasteiger partial charge is 0.169 e. The highest BCUT2D eigenvalue weighted by atomic mass is 16.7. The van der Waals surface area contributed by atoms with Crippen LogP contribution >= 0.6 is 0 Å². The second-order valence-electron chi connectivity index (χ2n) is 5.03. The van der Waals surface area contributed by atoms with Crippen molar-refractivity contribution in [3.05, 3.63) is 60.2 Å². The summed E-state index contributed by atoms with van der Waals surface area (Å²) in [4.78, 5) is 11.0. The van der Waals surface area contributed by atoms with Crippen LogP contribution in [0.15, 0.2) is 48.8 Å². The van der Waals surface area contributed by atoms with Gasteiger partial charge in [0.1, 0.15) is 0 Å². The normalized spacial score (nSPS) is 11.3. The van der Waals surface area contributed by atoms with E-state index in [0.717, 1.165) is 30.9 Å². The molecule has 0 amide bonds. The zero-order valence-electron chi connectivity index (χ0n) is 13.2. The van der Waals surface area contributed by atoms with Crippen LogP contribution in [0.25, 0.3) is 0 Å². The average molecular weight is 301 g/mol. The van der Waals surface area contributed by atoms with Gasteiger partial charge in [0.15, 0.2) is 6.29 Å². The number of hydrogen-bond donors (Lipinski definition) is 0. The monoisotopic (exact) mass is 301 g/mol. The number of hydrogen-bond acceptors (Lipinski definition) is 5. The van der Waals surface area contributed by atoms with Gasteiger partial charge in [-0.2, -0.15) is 0 Å². The van der Waals surface area contributed by atoms with E-state index in [1.54, 1.807) is 14.2 Å². The lowest BCUT2D eigenvalue weighted by molar-refractivity contribution is -0.117. The second kappa shape index (κ2) is 9.25. The van der Waals surface area contributed by atoms with Gasteiger partial charge in [0, 0.05) is 58.4 Å². The zero-order chi connectivity index (χ0) is 15.6. The van der Waals surface area contributed by atoms with Crippen molar-refractivity contribution in [1.82, 2.24) is 14.9 Å². The summed E-state index contributed by atoms with van der Waals surface area (Å²) in [5, 5.41) is 0. The fraction of sp³-hybridized carbons (Fsp3) is 0.412. The van der Waals surface area contributed by atoms with Crippen LogP contribution in [0.5, 0.6) is 0 Å². The predicted molar refractivity (Wildman–Crippen MR) is 85.3 cm³/mol. The van der Waals surface area contributed by atoms with E-state index in [0.29, 0.717) is 6.54 Å². The maximum absolute atomic E-state index is 5.32. The number of aromatic nitrogens is 2. The highest BCUT2D eigenvalue weighted by molar-refractivity contribution is 5.05. The first kappa shape index (κ1) is 16.5. The van der Waals surface area contributed by atoms with Gasteiger partial charge in [0.05, 0.1) is 5.69 Å². The maximum atomic E-state index is 5.32. The van der Waals surface area contributed by atoms with Crippen molar-refractivity contribution in [1.29, 1.82) is 0 Å². The third-order valence-corrected chi connectivity index (χ3v) is 3.46. The van der Waals surface area contributed by atoms with Gasteiger partial charge in [-0.25, -0.2) is 0 Å². The molecule has 0 aliphatic carbocycles. The van der Waals surface area contributed by atoms with Gasteiger partial charge >= 0.3 is 0 Å². The summed E-state index contributed by atoms with van der Waals surface area (Å²) < 4.78 is 10.6. The summed E-state index contributed by atoms with van der Waals surface area (Å²) >= 11 is 0. The third-order valence-electron chi connectivity index (χ3n) is 3.46. The second-order valence-corrected chi connectivity index (χ2v) is 5.03. The molecular formula is C17H23N3O2. The van der Waals surface area contributed by atoms with Gasteiger partial charge < -0.3 is 9.47 Å². The molecule has 0 N–H and O–H groups in total. The molecule has 0 bridgehead atoms. The van der Waals surface area contributed by atoms with Crippen molar-refractivity contribution < 1.29 is 9.47 Å². The van der Waals surface area contributed by atoms with Crippen molar-refractivity contribution in [3.63, 3.8) is 0 Å². The molecule has 0 radical (unpaired) electrons. The fourth-order valence-corrected chi connectivity index (χ4v) is 2.23. The molecule has 0 aromatic carbocycles. The minimum absolute atomic E-state index is 0.243. The Morgan fingerprint density at radius 2 is 1.59 bits per heavy atom. The Kier molecular flexibility index (Phi) is 6.96. The van der Waals surface area contributed by atoms with E-state index >= 15 is 0 Å². The first-order chi connectivity index (χ1) is 10.8. The number of pyridine rings is 2. The third kappa shape index (κ3) is 5.52. The molecule has 5 nitrogen and oxygen atoms in total. The van der Waals surface area contributed by atoms with E-state index in [1.807, 2.05) is 48.8 Å². The molecule has 0 saturated carbocycles.